The predicted octanol–water partition coefficient (Wildman–Crippen LogP) is 4.20. The average Bonchev–Trinajstić information content (AvgIpc) is 3.69. The van der Waals surface area contributed by atoms with Gasteiger partial charge in [0.05, 0.1) is 12.8 Å². The first kappa shape index (κ1) is 34.2. The van der Waals surface area contributed by atoms with Crippen molar-refractivity contribution in [2.45, 2.75) is 59.3 Å². The lowest BCUT2D eigenvalue weighted by molar-refractivity contribution is -0.0980. The van der Waals surface area contributed by atoms with Crippen LogP contribution in [0.3, 0.4) is 0 Å². The van der Waals surface area contributed by atoms with Gasteiger partial charge in [0.2, 0.25) is 0 Å². The standard InChI is InChI=1S/C31H39N5O4.CH5N.CH2O/c1-6-28-32-33-30(25-15-24(18(2)3)26(37)16-27(25)38)36(28)22-9-7-21(8-10-22)31(40)35-12-11-34(17-35)23-13-19(4)29(39)20(5)14-23;2*1-2/h7-10,13-16,18,28,30,32-33,37-39H,6,11-12,17H2,1-5H3;2H2,1H3;1H2. The van der Waals surface area contributed by atoms with Gasteiger partial charge in [-0.05, 0) is 92.4 Å². The summed E-state index contributed by atoms with van der Waals surface area (Å²) in [6, 6.07) is 14.8. The van der Waals surface area contributed by atoms with Gasteiger partial charge in [-0.15, -0.1) is 0 Å². The van der Waals surface area contributed by atoms with Gasteiger partial charge in [0.15, 0.2) is 0 Å². The minimum absolute atomic E-state index is 0.0207. The number of rotatable bonds is 6. The third-order valence-electron chi connectivity index (χ3n) is 8.00. The SMILES string of the molecule is C=O.CCC1NNC(c2cc(C(C)C)c(O)cc2O)N1c1ccc(C(=O)N2CCN(c3cc(C)c(O)c(C)c3)C2)cc1.CN. The van der Waals surface area contributed by atoms with Crippen LogP contribution in [0, 0.1) is 13.8 Å². The number of hydrogen-bond acceptors (Lipinski definition) is 10. The summed E-state index contributed by atoms with van der Waals surface area (Å²) in [7, 11) is 1.50. The number of hydrogen-bond donors (Lipinski definition) is 6. The van der Waals surface area contributed by atoms with Crippen LogP contribution >= 0.6 is 0 Å². The van der Waals surface area contributed by atoms with E-state index in [1.165, 1.54) is 13.1 Å². The topological polar surface area (TPSA) is 155 Å². The monoisotopic (exact) mass is 606 g/mol. The lowest BCUT2D eigenvalue weighted by atomic mass is 9.97. The zero-order chi connectivity index (χ0) is 32.7. The number of nitrogens with two attached hydrogens (primary N) is 1. The predicted molar refractivity (Wildman–Crippen MR) is 174 cm³/mol. The number of amides is 1. The van der Waals surface area contributed by atoms with Gasteiger partial charge in [0.25, 0.3) is 5.91 Å². The maximum absolute atomic E-state index is 13.4. The minimum Gasteiger partial charge on any atom is -0.508 e. The lowest BCUT2D eigenvalue weighted by Crippen LogP contribution is -2.36. The highest BCUT2D eigenvalue weighted by atomic mass is 16.3. The number of carbonyl (C=O) groups is 2. The Morgan fingerprint density at radius 3 is 2.11 bits per heavy atom. The van der Waals surface area contributed by atoms with Crippen molar-refractivity contribution in [2.75, 3.05) is 36.6 Å². The fourth-order valence-electron chi connectivity index (χ4n) is 5.68. The van der Waals surface area contributed by atoms with E-state index in [9.17, 15) is 20.1 Å². The summed E-state index contributed by atoms with van der Waals surface area (Å²) in [5, 5.41) is 31.2. The molecule has 2 heterocycles. The van der Waals surface area contributed by atoms with E-state index in [0.29, 0.717) is 30.1 Å². The molecule has 1 amide bonds. The van der Waals surface area contributed by atoms with Crippen molar-refractivity contribution in [3.63, 3.8) is 0 Å². The van der Waals surface area contributed by atoms with Crippen molar-refractivity contribution >= 4 is 24.1 Å². The van der Waals surface area contributed by atoms with Gasteiger partial charge < -0.3 is 40.5 Å². The number of phenols is 3. The van der Waals surface area contributed by atoms with Crippen LogP contribution in [0.15, 0.2) is 48.5 Å². The van der Waals surface area contributed by atoms with Crippen molar-refractivity contribution in [3.8, 4) is 17.2 Å². The number of benzene rings is 3. The van der Waals surface area contributed by atoms with E-state index in [-0.39, 0.29) is 35.7 Å². The maximum Gasteiger partial charge on any atom is 0.255 e. The molecule has 5 rings (SSSR count). The van der Waals surface area contributed by atoms with Crippen LogP contribution < -0.4 is 26.4 Å². The molecule has 0 radical (unpaired) electrons. The van der Waals surface area contributed by atoms with E-state index < -0.39 is 0 Å². The van der Waals surface area contributed by atoms with Gasteiger partial charge in [-0.3, -0.25) is 4.79 Å². The van der Waals surface area contributed by atoms with E-state index in [2.05, 4.69) is 33.3 Å². The van der Waals surface area contributed by atoms with Crippen LogP contribution in [0.5, 0.6) is 17.2 Å². The summed E-state index contributed by atoms with van der Waals surface area (Å²) in [5.41, 5.74) is 16.7. The molecule has 2 fully saturated rings. The van der Waals surface area contributed by atoms with Crippen LogP contribution in [0.2, 0.25) is 0 Å². The van der Waals surface area contributed by atoms with E-state index in [1.54, 1.807) is 0 Å². The normalized spacial score (nSPS) is 17.7. The number of aryl methyl sites for hydroxylation is 2. The molecule has 0 saturated carbocycles. The third kappa shape index (κ3) is 6.91. The Hall–Kier alpha value is -4.32. The highest BCUT2D eigenvalue weighted by molar-refractivity contribution is 5.95. The van der Waals surface area contributed by atoms with Crippen molar-refractivity contribution in [1.29, 1.82) is 0 Å². The van der Waals surface area contributed by atoms with Crippen molar-refractivity contribution in [3.05, 3.63) is 76.3 Å². The molecule has 2 saturated heterocycles. The molecule has 0 spiro atoms. The summed E-state index contributed by atoms with van der Waals surface area (Å²) in [6.45, 7) is 13.7. The second-order valence-corrected chi connectivity index (χ2v) is 11.1. The second-order valence-electron chi connectivity index (χ2n) is 11.1. The molecule has 2 unspecified atom stereocenters. The number of aromatic hydroxyl groups is 3. The first-order chi connectivity index (χ1) is 21.1. The Kier molecular flexibility index (Phi) is 11.6. The summed E-state index contributed by atoms with van der Waals surface area (Å²) in [5.74, 6) is 0.485. The number of nitrogens with one attached hydrogen (secondary N) is 2. The molecule has 11 heteroatoms. The molecule has 3 aromatic carbocycles. The van der Waals surface area contributed by atoms with Crippen LogP contribution in [0.4, 0.5) is 11.4 Å². The minimum atomic E-state index is -0.367. The number of carbonyl (C=O) groups excluding carboxylic acids is 2. The second kappa shape index (κ2) is 14.9. The van der Waals surface area contributed by atoms with Gasteiger partial charge in [-0.25, -0.2) is 10.9 Å². The quantitative estimate of drug-likeness (QED) is 0.241. The number of phenolic OH excluding ortho intramolecular Hbond substituents is 3. The van der Waals surface area contributed by atoms with Crippen molar-refractivity contribution in [1.82, 2.24) is 15.8 Å². The fraction of sp³-hybridized carbons (Fsp3) is 0.394. The first-order valence-electron chi connectivity index (χ1n) is 14.7. The number of hydrazine groups is 1. The Morgan fingerprint density at radius 2 is 1.55 bits per heavy atom. The van der Waals surface area contributed by atoms with Gasteiger partial charge >= 0.3 is 0 Å². The summed E-state index contributed by atoms with van der Waals surface area (Å²) in [4.78, 5) is 27.5. The molecule has 44 heavy (non-hydrogen) atoms. The third-order valence-corrected chi connectivity index (χ3v) is 8.00. The Balaban J connectivity index is 0.00000127. The number of nitrogens with zero attached hydrogens (tertiary/aromatic N) is 3. The molecule has 0 aromatic heterocycles. The van der Waals surface area contributed by atoms with Crippen LogP contribution in [-0.4, -0.2) is 65.9 Å². The highest BCUT2D eigenvalue weighted by Gasteiger charge is 2.35. The average molecular weight is 607 g/mol. The molecule has 238 valence electrons. The molecule has 11 nitrogen and oxygen atoms in total. The molecule has 2 atom stereocenters. The molecule has 2 aliphatic rings. The first-order valence-corrected chi connectivity index (χ1v) is 14.7. The van der Waals surface area contributed by atoms with Crippen LogP contribution in [-0.2, 0) is 4.79 Å². The van der Waals surface area contributed by atoms with E-state index in [0.717, 1.165) is 41.0 Å². The molecular weight excluding hydrogens is 560 g/mol. The molecular formula is C33H46N6O5. The Bertz CT molecular complexity index is 1410. The van der Waals surface area contributed by atoms with Crippen LogP contribution in [0.1, 0.15) is 71.9 Å². The highest BCUT2D eigenvalue weighted by Crippen LogP contribution is 2.40. The molecule has 7 N–H and O–H groups in total. The Labute approximate surface area is 259 Å². The molecule has 0 aliphatic carbocycles. The van der Waals surface area contributed by atoms with Crippen molar-refractivity contribution < 1.29 is 24.9 Å². The smallest absolute Gasteiger partial charge is 0.255 e. The molecule has 2 aliphatic heterocycles. The summed E-state index contributed by atoms with van der Waals surface area (Å²) >= 11 is 0. The lowest BCUT2D eigenvalue weighted by Gasteiger charge is -2.31. The van der Waals surface area contributed by atoms with Gasteiger partial charge in [-0.1, -0.05) is 20.8 Å². The van der Waals surface area contributed by atoms with E-state index in [4.69, 9.17) is 4.79 Å². The number of anilines is 2. The molecule has 3 aromatic rings. The van der Waals surface area contributed by atoms with Gasteiger partial charge in [0.1, 0.15) is 30.2 Å². The molecule has 0 bridgehead atoms. The largest absolute Gasteiger partial charge is 0.508 e. The maximum atomic E-state index is 13.4. The van der Waals surface area contributed by atoms with E-state index >= 15 is 0 Å². The fourth-order valence-corrected chi connectivity index (χ4v) is 5.68. The Morgan fingerprint density at radius 1 is 0.932 bits per heavy atom. The zero-order valence-corrected chi connectivity index (χ0v) is 26.5. The van der Waals surface area contributed by atoms with E-state index in [1.807, 2.05) is 81.8 Å². The van der Waals surface area contributed by atoms with Gasteiger partial charge in [0, 0.05) is 41.7 Å². The summed E-state index contributed by atoms with van der Waals surface area (Å²) < 4.78 is 0. The summed E-state index contributed by atoms with van der Waals surface area (Å²) in [6.07, 6.45) is 0.403. The van der Waals surface area contributed by atoms with Crippen LogP contribution in [0.25, 0.3) is 0 Å². The van der Waals surface area contributed by atoms with Crippen molar-refractivity contribution in [2.24, 2.45) is 5.73 Å². The van der Waals surface area contributed by atoms with Gasteiger partial charge in [-0.2, -0.15) is 0 Å². The zero-order valence-electron chi connectivity index (χ0n) is 26.5.